The number of benzene rings is 1. The summed E-state index contributed by atoms with van der Waals surface area (Å²) in [5.41, 5.74) is -2.73. The van der Waals surface area contributed by atoms with Crippen LogP contribution in [0.25, 0.3) is 0 Å². The summed E-state index contributed by atoms with van der Waals surface area (Å²) in [6, 6.07) is 2.86. The summed E-state index contributed by atoms with van der Waals surface area (Å²) >= 11 is 0. The molecule has 3 N–H and O–H groups in total. The van der Waals surface area contributed by atoms with Crippen LogP contribution in [0.3, 0.4) is 0 Å². The van der Waals surface area contributed by atoms with Gasteiger partial charge in [-0.2, -0.15) is 0 Å². The molecule has 2 amide bonds. The molecule has 0 aliphatic carbocycles. The van der Waals surface area contributed by atoms with Gasteiger partial charge in [0, 0.05) is 37.7 Å². The summed E-state index contributed by atoms with van der Waals surface area (Å²) in [6.07, 6.45) is -1.08. The van der Waals surface area contributed by atoms with Crippen LogP contribution in [0.2, 0.25) is 0 Å². The first-order chi connectivity index (χ1) is 14.6. The second-order valence-corrected chi connectivity index (χ2v) is 8.08. The third-order valence-corrected chi connectivity index (χ3v) is 5.96. The van der Waals surface area contributed by atoms with Gasteiger partial charge in [-0.3, -0.25) is 14.4 Å². The fourth-order valence-corrected chi connectivity index (χ4v) is 4.53. The van der Waals surface area contributed by atoms with Crippen LogP contribution in [0.1, 0.15) is 58.5 Å². The number of aromatic hydroxyl groups is 1. The number of aromatic nitrogens is 1. The molecule has 2 atom stereocenters. The lowest BCUT2D eigenvalue weighted by molar-refractivity contribution is 0.0559. The molecule has 0 saturated heterocycles. The van der Waals surface area contributed by atoms with Crippen LogP contribution in [-0.2, 0) is 12.1 Å². The van der Waals surface area contributed by atoms with Gasteiger partial charge in [0.05, 0.1) is 17.3 Å². The second-order valence-electron chi connectivity index (χ2n) is 8.08. The van der Waals surface area contributed by atoms with Crippen LogP contribution in [0.4, 0.5) is 8.78 Å². The SMILES string of the molecule is CCN1C[C@@]2(C)CC(O)c3c(C(=O)NCc4ccc(F)cc4F)c(=O)c(O)c(n32)C1=O. The minimum absolute atomic E-state index is 0.00684. The molecule has 0 fully saturated rings. The molecule has 1 aromatic heterocycles. The third kappa shape index (κ3) is 3.09. The van der Waals surface area contributed by atoms with E-state index in [-0.39, 0.29) is 36.5 Å². The zero-order chi connectivity index (χ0) is 22.7. The minimum Gasteiger partial charge on any atom is -0.503 e. The van der Waals surface area contributed by atoms with Crippen molar-refractivity contribution in [1.29, 1.82) is 0 Å². The third-order valence-electron chi connectivity index (χ3n) is 5.96. The number of amides is 2. The number of halogens is 2. The Morgan fingerprint density at radius 1 is 1.32 bits per heavy atom. The van der Waals surface area contributed by atoms with Gasteiger partial charge in [-0.1, -0.05) is 6.07 Å². The molecule has 0 spiro atoms. The van der Waals surface area contributed by atoms with Crippen molar-refractivity contribution in [3.8, 4) is 5.75 Å². The number of aliphatic hydroxyl groups is 1. The maximum atomic E-state index is 13.9. The Morgan fingerprint density at radius 3 is 2.68 bits per heavy atom. The fraction of sp³-hybridized carbons (Fsp3) is 0.381. The Balaban J connectivity index is 1.79. The quantitative estimate of drug-likeness (QED) is 0.675. The van der Waals surface area contributed by atoms with Gasteiger partial charge >= 0.3 is 0 Å². The van der Waals surface area contributed by atoms with Gasteiger partial charge in [0.25, 0.3) is 11.8 Å². The molecule has 4 rings (SSSR count). The fourth-order valence-electron chi connectivity index (χ4n) is 4.53. The zero-order valence-corrected chi connectivity index (χ0v) is 16.9. The molecular weight excluding hydrogens is 412 g/mol. The number of nitrogens with one attached hydrogen (secondary N) is 1. The first-order valence-corrected chi connectivity index (χ1v) is 9.81. The number of pyridine rings is 1. The Bertz CT molecular complexity index is 1180. The van der Waals surface area contributed by atoms with Gasteiger partial charge in [-0.15, -0.1) is 0 Å². The molecule has 1 unspecified atom stereocenters. The maximum absolute atomic E-state index is 13.9. The summed E-state index contributed by atoms with van der Waals surface area (Å²) in [4.78, 5) is 40.0. The van der Waals surface area contributed by atoms with Crippen LogP contribution in [-0.4, -0.2) is 44.6 Å². The lowest BCUT2D eigenvalue weighted by Crippen LogP contribution is -2.52. The Kier molecular flexibility index (Phi) is 4.84. The first-order valence-electron chi connectivity index (χ1n) is 9.81. The Labute approximate surface area is 175 Å². The average Bonchev–Trinajstić information content (AvgIpc) is 2.96. The summed E-state index contributed by atoms with van der Waals surface area (Å²) in [5, 5.41) is 23.6. The smallest absolute Gasteiger partial charge is 0.274 e. The average molecular weight is 433 g/mol. The van der Waals surface area contributed by atoms with Crippen molar-refractivity contribution in [2.24, 2.45) is 0 Å². The Hall–Kier alpha value is -3.27. The molecule has 3 heterocycles. The van der Waals surface area contributed by atoms with Gasteiger partial charge in [-0.25, -0.2) is 8.78 Å². The van der Waals surface area contributed by atoms with Crippen molar-refractivity contribution in [2.75, 3.05) is 13.1 Å². The lowest BCUT2D eigenvalue weighted by atomic mass is 9.94. The van der Waals surface area contributed by atoms with Gasteiger partial charge in [0.1, 0.15) is 17.2 Å². The normalized spacial score (nSPS) is 21.9. The highest BCUT2D eigenvalue weighted by molar-refractivity contribution is 6.00. The van der Waals surface area contributed by atoms with E-state index in [9.17, 15) is 33.4 Å². The molecule has 10 heteroatoms. The maximum Gasteiger partial charge on any atom is 0.274 e. The highest BCUT2D eigenvalue weighted by atomic mass is 19.1. The van der Waals surface area contributed by atoms with E-state index in [4.69, 9.17) is 0 Å². The van der Waals surface area contributed by atoms with E-state index in [1.54, 1.807) is 13.8 Å². The zero-order valence-electron chi connectivity index (χ0n) is 16.9. The van der Waals surface area contributed by atoms with Crippen molar-refractivity contribution >= 4 is 11.8 Å². The van der Waals surface area contributed by atoms with E-state index in [0.29, 0.717) is 12.6 Å². The Morgan fingerprint density at radius 2 is 2.03 bits per heavy atom. The number of nitrogens with zero attached hydrogens (tertiary/aromatic N) is 2. The van der Waals surface area contributed by atoms with E-state index in [0.717, 1.165) is 12.1 Å². The van der Waals surface area contributed by atoms with E-state index < -0.39 is 51.8 Å². The number of hydrogen-bond acceptors (Lipinski definition) is 5. The number of carbonyl (C=O) groups is 2. The van der Waals surface area contributed by atoms with Crippen molar-refractivity contribution in [3.05, 3.63) is 62.6 Å². The summed E-state index contributed by atoms with van der Waals surface area (Å²) in [7, 11) is 0. The van der Waals surface area contributed by atoms with E-state index >= 15 is 0 Å². The molecule has 31 heavy (non-hydrogen) atoms. The predicted octanol–water partition coefficient (Wildman–Crippen LogP) is 1.39. The van der Waals surface area contributed by atoms with Gasteiger partial charge < -0.3 is 25.0 Å². The molecule has 0 radical (unpaired) electrons. The molecule has 2 aliphatic rings. The number of aliphatic hydroxyl groups excluding tert-OH is 1. The van der Waals surface area contributed by atoms with Gasteiger partial charge in [0.15, 0.2) is 11.4 Å². The van der Waals surface area contributed by atoms with Crippen LogP contribution in [0.5, 0.6) is 5.75 Å². The van der Waals surface area contributed by atoms with Gasteiger partial charge in [0.2, 0.25) is 5.43 Å². The highest BCUT2D eigenvalue weighted by Gasteiger charge is 2.50. The van der Waals surface area contributed by atoms with Crippen molar-refractivity contribution in [1.82, 2.24) is 14.8 Å². The molecule has 1 aromatic carbocycles. The van der Waals surface area contributed by atoms with Crippen molar-refractivity contribution < 1.29 is 28.6 Å². The number of likely N-dealkylation sites (N-methyl/N-ethyl adjacent to an activating group) is 1. The van der Waals surface area contributed by atoms with Crippen LogP contribution >= 0.6 is 0 Å². The van der Waals surface area contributed by atoms with Crippen molar-refractivity contribution in [2.45, 2.75) is 38.5 Å². The summed E-state index contributed by atoms with van der Waals surface area (Å²) in [5.74, 6) is -4.02. The number of rotatable bonds is 4. The van der Waals surface area contributed by atoms with Crippen molar-refractivity contribution in [3.63, 3.8) is 0 Å². The molecule has 164 valence electrons. The summed E-state index contributed by atoms with van der Waals surface area (Å²) in [6.45, 7) is 3.77. The summed E-state index contributed by atoms with van der Waals surface area (Å²) < 4.78 is 28.3. The molecule has 2 aromatic rings. The largest absolute Gasteiger partial charge is 0.503 e. The van der Waals surface area contributed by atoms with E-state index in [1.165, 1.54) is 9.47 Å². The lowest BCUT2D eigenvalue weighted by Gasteiger charge is -2.40. The number of carbonyl (C=O) groups excluding carboxylic acids is 2. The molecule has 2 aliphatic heterocycles. The van der Waals surface area contributed by atoms with E-state index in [1.807, 2.05) is 0 Å². The molecule has 8 nitrogen and oxygen atoms in total. The molecular formula is C21H21F2N3O5. The first kappa shape index (κ1) is 21.0. The standard InChI is InChI=1S/C21H21F2N3O5/c1-3-25-9-21(2)7-13(27)15-14(17(28)18(29)16(20(25)31)26(15)21)19(30)24-8-10-4-5-11(22)6-12(10)23/h4-6,13,27,29H,3,7-9H2,1-2H3,(H,24,30)/t13?,21-/m1/s1. The van der Waals surface area contributed by atoms with E-state index in [2.05, 4.69) is 5.32 Å². The highest BCUT2D eigenvalue weighted by Crippen LogP contribution is 2.45. The van der Waals surface area contributed by atoms with Crippen LogP contribution < -0.4 is 10.7 Å². The predicted molar refractivity (Wildman–Crippen MR) is 105 cm³/mol. The molecule has 0 bridgehead atoms. The number of hydrogen-bond donors (Lipinski definition) is 3. The van der Waals surface area contributed by atoms with Gasteiger partial charge in [-0.05, 0) is 19.9 Å². The topological polar surface area (TPSA) is 112 Å². The van der Waals surface area contributed by atoms with Crippen LogP contribution in [0, 0.1) is 11.6 Å². The second kappa shape index (κ2) is 7.16. The monoisotopic (exact) mass is 433 g/mol. The van der Waals surface area contributed by atoms with Crippen LogP contribution in [0.15, 0.2) is 23.0 Å². The molecule has 0 saturated carbocycles. The minimum atomic E-state index is -1.22.